The Kier molecular flexibility index (Phi) is 5.38. The summed E-state index contributed by atoms with van der Waals surface area (Å²) in [6, 6.07) is 2.01. The fraction of sp³-hybridized carbons (Fsp3) is 0.714. The van der Waals surface area contributed by atoms with Gasteiger partial charge in [-0.3, -0.25) is 4.90 Å². The molecule has 0 bridgehead atoms. The third-order valence-electron chi connectivity index (χ3n) is 3.96. The number of hydrogen-bond acceptors (Lipinski definition) is 4. The summed E-state index contributed by atoms with van der Waals surface area (Å²) in [5, 5.41) is 0. The third kappa shape index (κ3) is 2.94. The molecule has 18 heavy (non-hydrogen) atoms. The van der Waals surface area contributed by atoms with Gasteiger partial charge in [0.1, 0.15) is 5.76 Å². The molecule has 104 valence electrons. The van der Waals surface area contributed by atoms with E-state index < -0.39 is 0 Å². The molecular formula is C14H26N2O2. The highest BCUT2D eigenvalue weighted by atomic mass is 16.5. The second-order valence-electron chi connectivity index (χ2n) is 5.25. The Morgan fingerprint density at radius 3 is 2.56 bits per heavy atom. The first-order valence-corrected chi connectivity index (χ1v) is 6.41. The molecule has 0 aromatic carbocycles. The van der Waals surface area contributed by atoms with Gasteiger partial charge in [-0.25, -0.2) is 0 Å². The molecule has 1 aromatic rings. The topological polar surface area (TPSA) is 51.6 Å². The Bertz CT molecular complexity index is 362. The van der Waals surface area contributed by atoms with Crippen LogP contribution in [0.5, 0.6) is 0 Å². The molecule has 0 saturated heterocycles. The van der Waals surface area contributed by atoms with E-state index in [1.54, 1.807) is 13.4 Å². The molecule has 0 radical (unpaired) electrons. The Hall–Kier alpha value is -0.840. The maximum absolute atomic E-state index is 6.02. The lowest BCUT2D eigenvalue weighted by molar-refractivity contribution is -0.00573. The zero-order chi connectivity index (χ0) is 13.8. The summed E-state index contributed by atoms with van der Waals surface area (Å²) in [6.45, 7) is 8.38. The van der Waals surface area contributed by atoms with Gasteiger partial charge in [0.05, 0.1) is 18.4 Å². The van der Waals surface area contributed by atoms with Gasteiger partial charge in [-0.1, -0.05) is 13.8 Å². The van der Waals surface area contributed by atoms with Crippen molar-refractivity contribution in [2.45, 2.75) is 32.9 Å². The molecule has 1 heterocycles. The van der Waals surface area contributed by atoms with Gasteiger partial charge in [0.25, 0.3) is 0 Å². The summed E-state index contributed by atoms with van der Waals surface area (Å²) < 4.78 is 10.7. The van der Waals surface area contributed by atoms with Crippen LogP contribution in [0.1, 0.15) is 25.2 Å². The minimum Gasteiger partial charge on any atom is -0.469 e. The van der Waals surface area contributed by atoms with Crippen molar-refractivity contribution in [3.63, 3.8) is 0 Å². The average molecular weight is 254 g/mol. The molecule has 4 heteroatoms. The van der Waals surface area contributed by atoms with Crippen molar-refractivity contribution in [3.05, 3.63) is 23.7 Å². The molecular weight excluding hydrogens is 228 g/mol. The monoisotopic (exact) mass is 254 g/mol. The summed E-state index contributed by atoms with van der Waals surface area (Å²) in [6.07, 6.45) is 1.73. The van der Waals surface area contributed by atoms with Crippen LogP contribution in [0.4, 0.5) is 0 Å². The fourth-order valence-corrected chi connectivity index (χ4v) is 2.41. The van der Waals surface area contributed by atoms with E-state index in [1.165, 1.54) is 5.56 Å². The van der Waals surface area contributed by atoms with Crippen molar-refractivity contribution < 1.29 is 9.15 Å². The van der Waals surface area contributed by atoms with Crippen molar-refractivity contribution >= 4 is 0 Å². The van der Waals surface area contributed by atoms with E-state index >= 15 is 0 Å². The molecule has 4 nitrogen and oxygen atoms in total. The van der Waals surface area contributed by atoms with E-state index in [1.807, 2.05) is 13.0 Å². The Labute approximate surface area is 110 Å². The third-order valence-corrected chi connectivity index (χ3v) is 3.96. The maximum atomic E-state index is 6.02. The number of ether oxygens (including phenoxy) is 1. The molecule has 1 unspecified atom stereocenters. The Morgan fingerprint density at radius 1 is 1.50 bits per heavy atom. The van der Waals surface area contributed by atoms with E-state index in [-0.39, 0.29) is 5.54 Å². The summed E-state index contributed by atoms with van der Waals surface area (Å²) in [5.74, 6) is 1.38. The van der Waals surface area contributed by atoms with E-state index in [2.05, 4.69) is 25.8 Å². The van der Waals surface area contributed by atoms with Crippen molar-refractivity contribution in [1.29, 1.82) is 0 Å². The Morgan fingerprint density at radius 2 is 2.17 bits per heavy atom. The lowest BCUT2D eigenvalue weighted by Gasteiger charge is -2.44. The zero-order valence-electron chi connectivity index (χ0n) is 12.2. The number of nitrogens with two attached hydrogens (primary N) is 1. The van der Waals surface area contributed by atoms with E-state index in [0.717, 1.165) is 12.3 Å². The predicted molar refractivity (Wildman–Crippen MR) is 73.4 cm³/mol. The average Bonchev–Trinajstić information content (AvgIpc) is 2.71. The minimum absolute atomic E-state index is 0.140. The molecule has 0 aliphatic heterocycles. The van der Waals surface area contributed by atoms with Gasteiger partial charge in [0.2, 0.25) is 0 Å². The number of aryl methyl sites for hydroxylation is 1. The van der Waals surface area contributed by atoms with Crippen LogP contribution in [0.15, 0.2) is 16.7 Å². The molecule has 0 aliphatic carbocycles. The molecule has 2 N–H and O–H groups in total. The SMILES string of the molecule is COCC(CN)(C(C)C)N(C)Cc1ccoc1C. The van der Waals surface area contributed by atoms with Gasteiger partial charge in [0, 0.05) is 25.8 Å². The number of rotatable bonds is 7. The van der Waals surface area contributed by atoms with Crippen molar-refractivity contribution in [2.75, 3.05) is 27.3 Å². The van der Waals surface area contributed by atoms with Crippen LogP contribution >= 0.6 is 0 Å². The summed E-state index contributed by atoms with van der Waals surface area (Å²) in [4.78, 5) is 2.28. The number of furan rings is 1. The lowest BCUT2D eigenvalue weighted by atomic mass is 9.85. The first-order chi connectivity index (χ1) is 8.47. The number of nitrogens with zero attached hydrogens (tertiary/aromatic N) is 1. The van der Waals surface area contributed by atoms with Gasteiger partial charge >= 0.3 is 0 Å². The number of methoxy groups -OCH3 is 1. The maximum Gasteiger partial charge on any atom is 0.105 e. The summed E-state index contributed by atoms with van der Waals surface area (Å²) >= 11 is 0. The molecule has 1 aromatic heterocycles. The van der Waals surface area contributed by atoms with Crippen molar-refractivity contribution in [2.24, 2.45) is 11.7 Å². The highest BCUT2D eigenvalue weighted by Crippen LogP contribution is 2.26. The number of likely N-dealkylation sites (N-methyl/N-ethyl adjacent to an activating group) is 1. The second-order valence-corrected chi connectivity index (χ2v) is 5.25. The van der Waals surface area contributed by atoms with E-state index in [0.29, 0.717) is 19.1 Å². The van der Waals surface area contributed by atoms with Crippen LogP contribution in [-0.4, -0.2) is 37.7 Å². The zero-order valence-corrected chi connectivity index (χ0v) is 12.2. The molecule has 0 spiro atoms. The number of hydrogen-bond donors (Lipinski definition) is 1. The molecule has 0 aliphatic rings. The Balaban J connectivity index is 2.88. The highest BCUT2D eigenvalue weighted by Gasteiger charge is 2.37. The standard InChI is InChI=1S/C14H26N2O2/c1-11(2)14(9-15,10-17-5)16(4)8-13-6-7-18-12(13)3/h6-7,11H,8-10,15H2,1-5H3. The normalized spacial score (nSPS) is 15.3. The van der Waals surface area contributed by atoms with Gasteiger partial charge in [-0.15, -0.1) is 0 Å². The van der Waals surface area contributed by atoms with Gasteiger partial charge in [0.15, 0.2) is 0 Å². The van der Waals surface area contributed by atoms with Crippen LogP contribution in [0, 0.1) is 12.8 Å². The molecule has 1 rings (SSSR count). The quantitative estimate of drug-likeness (QED) is 0.809. The highest BCUT2D eigenvalue weighted by molar-refractivity contribution is 5.16. The molecule has 1 atom stereocenters. The predicted octanol–water partition coefficient (Wildman–Crippen LogP) is 2.02. The van der Waals surface area contributed by atoms with Crippen molar-refractivity contribution in [1.82, 2.24) is 4.90 Å². The molecule has 0 saturated carbocycles. The second kappa shape index (κ2) is 6.36. The van der Waals surface area contributed by atoms with Gasteiger partial charge in [-0.05, 0) is 26.0 Å². The van der Waals surface area contributed by atoms with Gasteiger partial charge < -0.3 is 14.9 Å². The largest absolute Gasteiger partial charge is 0.469 e. The minimum atomic E-state index is -0.140. The van der Waals surface area contributed by atoms with Crippen LogP contribution in [0.2, 0.25) is 0 Å². The smallest absolute Gasteiger partial charge is 0.105 e. The van der Waals surface area contributed by atoms with Crippen LogP contribution < -0.4 is 5.73 Å². The lowest BCUT2D eigenvalue weighted by Crippen LogP contribution is -2.58. The fourth-order valence-electron chi connectivity index (χ4n) is 2.41. The molecule has 0 amide bonds. The van der Waals surface area contributed by atoms with Crippen LogP contribution in [-0.2, 0) is 11.3 Å². The first kappa shape index (κ1) is 15.2. The van der Waals surface area contributed by atoms with Crippen LogP contribution in [0.3, 0.4) is 0 Å². The van der Waals surface area contributed by atoms with E-state index in [4.69, 9.17) is 14.9 Å². The summed E-state index contributed by atoms with van der Waals surface area (Å²) in [5.41, 5.74) is 7.08. The van der Waals surface area contributed by atoms with Gasteiger partial charge in [-0.2, -0.15) is 0 Å². The van der Waals surface area contributed by atoms with Crippen LogP contribution in [0.25, 0.3) is 0 Å². The summed E-state index contributed by atoms with van der Waals surface area (Å²) in [7, 11) is 3.82. The van der Waals surface area contributed by atoms with Crippen molar-refractivity contribution in [3.8, 4) is 0 Å². The first-order valence-electron chi connectivity index (χ1n) is 6.41. The molecule has 0 fully saturated rings. The van der Waals surface area contributed by atoms with E-state index in [9.17, 15) is 0 Å².